The van der Waals surface area contributed by atoms with E-state index in [4.69, 9.17) is 16.3 Å². The molecule has 0 bridgehead atoms. The highest BCUT2D eigenvalue weighted by molar-refractivity contribution is 7.92. The zero-order chi connectivity index (χ0) is 19.9. The highest BCUT2D eigenvalue weighted by Gasteiger charge is 2.11. The Kier molecular flexibility index (Phi) is 7.58. The second-order valence-electron chi connectivity index (χ2n) is 5.41. The summed E-state index contributed by atoms with van der Waals surface area (Å²) in [6.07, 6.45) is 1.80. The Bertz CT molecular complexity index is 887. The fourth-order valence-corrected chi connectivity index (χ4v) is 3.13. The normalized spacial score (nSPS) is 11.9. The van der Waals surface area contributed by atoms with Crippen LogP contribution in [-0.2, 0) is 16.4 Å². The second-order valence-corrected chi connectivity index (χ2v) is 7.49. The van der Waals surface area contributed by atoms with E-state index < -0.39 is 16.6 Å². The molecule has 27 heavy (non-hydrogen) atoms. The van der Waals surface area contributed by atoms with Crippen molar-refractivity contribution in [1.29, 1.82) is 0 Å². The van der Waals surface area contributed by atoms with Crippen LogP contribution in [0.25, 0.3) is 6.08 Å². The summed E-state index contributed by atoms with van der Waals surface area (Å²) in [4.78, 5) is 0. The molecule has 0 spiro atoms. The Balaban J connectivity index is 1.93. The standard InChI is InChI=1S/C18H18ClF2NO4S/c1-25-17-12-14(4-7-16(17)26-18(20)21)8-10-22-27(23,24)11-9-13-2-5-15(19)6-3-13/h2-7,9,11-12,18,22H,8,10H2,1H3/b11-9+. The molecule has 146 valence electrons. The molecule has 0 amide bonds. The number of sulfonamides is 1. The van der Waals surface area contributed by atoms with E-state index in [1.165, 1.54) is 25.3 Å². The van der Waals surface area contributed by atoms with Crippen molar-refractivity contribution in [2.75, 3.05) is 13.7 Å². The average Bonchev–Trinajstić information content (AvgIpc) is 2.62. The summed E-state index contributed by atoms with van der Waals surface area (Å²) in [6, 6.07) is 11.2. The average molecular weight is 418 g/mol. The van der Waals surface area contributed by atoms with E-state index in [1.807, 2.05) is 0 Å². The van der Waals surface area contributed by atoms with Crippen molar-refractivity contribution in [2.45, 2.75) is 13.0 Å². The molecule has 0 heterocycles. The van der Waals surface area contributed by atoms with Crippen LogP contribution in [0.15, 0.2) is 47.9 Å². The van der Waals surface area contributed by atoms with Gasteiger partial charge in [-0.2, -0.15) is 8.78 Å². The lowest BCUT2D eigenvalue weighted by atomic mass is 10.1. The maximum atomic E-state index is 12.3. The molecule has 2 rings (SSSR count). The minimum atomic E-state index is -3.62. The van der Waals surface area contributed by atoms with Gasteiger partial charge in [-0.05, 0) is 47.9 Å². The van der Waals surface area contributed by atoms with Gasteiger partial charge in [0.25, 0.3) is 0 Å². The summed E-state index contributed by atoms with van der Waals surface area (Å²) < 4.78 is 60.4. The first-order chi connectivity index (χ1) is 12.8. The fraction of sp³-hybridized carbons (Fsp3) is 0.222. The number of alkyl halides is 2. The Labute approximate surface area is 161 Å². The van der Waals surface area contributed by atoms with Gasteiger partial charge in [-0.15, -0.1) is 0 Å². The van der Waals surface area contributed by atoms with Gasteiger partial charge in [0, 0.05) is 17.0 Å². The van der Waals surface area contributed by atoms with Crippen molar-refractivity contribution >= 4 is 27.7 Å². The van der Waals surface area contributed by atoms with E-state index in [9.17, 15) is 17.2 Å². The number of benzene rings is 2. The lowest BCUT2D eigenvalue weighted by Gasteiger charge is -2.11. The van der Waals surface area contributed by atoms with Crippen molar-refractivity contribution in [1.82, 2.24) is 4.72 Å². The third-order valence-corrected chi connectivity index (χ3v) is 4.82. The molecule has 0 aromatic heterocycles. The molecule has 2 aromatic carbocycles. The molecular weight excluding hydrogens is 400 g/mol. The van der Waals surface area contributed by atoms with Gasteiger partial charge in [-0.3, -0.25) is 0 Å². The van der Waals surface area contributed by atoms with Gasteiger partial charge >= 0.3 is 6.61 Å². The van der Waals surface area contributed by atoms with Gasteiger partial charge < -0.3 is 9.47 Å². The van der Waals surface area contributed by atoms with Crippen LogP contribution in [0, 0.1) is 0 Å². The second kappa shape index (κ2) is 9.68. The third kappa shape index (κ3) is 7.16. The van der Waals surface area contributed by atoms with Crippen LogP contribution in [0.5, 0.6) is 11.5 Å². The molecular formula is C18H18ClF2NO4S. The summed E-state index contributed by atoms with van der Waals surface area (Å²) in [7, 11) is -2.28. The number of nitrogens with one attached hydrogen (secondary N) is 1. The zero-order valence-electron chi connectivity index (χ0n) is 14.4. The molecule has 0 saturated heterocycles. The maximum Gasteiger partial charge on any atom is 0.387 e. The van der Waals surface area contributed by atoms with Crippen LogP contribution >= 0.6 is 11.6 Å². The minimum Gasteiger partial charge on any atom is -0.493 e. The van der Waals surface area contributed by atoms with Crippen LogP contribution in [0.3, 0.4) is 0 Å². The van der Waals surface area contributed by atoms with E-state index in [2.05, 4.69) is 9.46 Å². The van der Waals surface area contributed by atoms with E-state index in [-0.39, 0.29) is 18.0 Å². The molecule has 0 aliphatic carbocycles. The van der Waals surface area contributed by atoms with Crippen LogP contribution in [0.1, 0.15) is 11.1 Å². The van der Waals surface area contributed by atoms with E-state index in [0.717, 1.165) is 5.41 Å². The number of methoxy groups -OCH3 is 1. The number of hydrogen-bond donors (Lipinski definition) is 1. The van der Waals surface area contributed by atoms with Crippen molar-refractivity contribution in [3.05, 3.63) is 64.0 Å². The first-order valence-corrected chi connectivity index (χ1v) is 9.76. The van der Waals surface area contributed by atoms with Crippen LogP contribution in [0.4, 0.5) is 8.78 Å². The molecule has 0 atom stereocenters. The summed E-state index contributed by atoms with van der Waals surface area (Å²) >= 11 is 5.78. The van der Waals surface area contributed by atoms with Crippen molar-refractivity contribution in [3.63, 3.8) is 0 Å². The molecule has 5 nitrogen and oxygen atoms in total. The topological polar surface area (TPSA) is 64.6 Å². The van der Waals surface area contributed by atoms with Crippen molar-refractivity contribution in [3.8, 4) is 11.5 Å². The smallest absolute Gasteiger partial charge is 0.387 e. The summed E-state index contributed by atoms with van der Waals surface area (Å²) in [6.45, 7) is -2.82. The van der Waals surface area contributed by atoms with Crippen LogP contribution < -0.4 is 14.2 Å². The summed E-state index contributed by atoms with van der Waals surface area (Å²) in [5.41, 5.74) is 1.40. The molecule has 0 radical (unpaired) electrons. The lowest BCUT2D eigenvalue weighted by Crippen LogP contribution is -2.23. The van der Waals surface area contributed by atoms with Gasteiger partial charge in [-0.1, -0.05) is 29.8 Å². The van der Waals surface area contributed by atoms with Gasteiger partial charge in [0.15, 0.2) is 11.5 Å². The van der Waals surface area contributed by atoms with E-state index >= 15 is 0 Å². The first-order valence-electron chi connectivity index (χ1n) is 7.84. The lowest BCUT2D eigenvalue weighted by molar-refractivity contribution is -0.0512. The first kappa shape index (κ1) is 21.1. The number of ether oxygens (including phenoxy) is 2. The predicted molar refractivity (Wildman–Crippen MR) is 101 cm³/mol. The molecule has 1 N–H and O–H groups in total. The van der Waals surface area contributed by atoms with E-state index in [0.29, 0.717) is 22.6 Å². The molecule has 9 heteroatoms. The molecule has 0 fully saturated rings. The Hall–Kier alpha value is -2.16. The SMILES string of the molecule is COc1cc(CCNS(=O)(=O)/C=C/c2ccc(Cl)cc2)ccc1OC(F)F. The Morgan fingerprint density at radius 2 is 1.85 bits per heavy atom. The Morgan fingerprint density at radius 1 is 1.15 bits per heavy atom. The van der Waals surface area contributed by atoms with Gasteiger partial charge in [0.05, 0.1) is 7.11 Å². The maximum absolute atomic E-state index is 12.3. The number of halogens is 3. The molecule has 0 saturated carbocycles. The quantitative estimate of drug-likeness (QED) is 0.667. The fourth-order valence-electron chi connectivity index (χ4n) is 2.19. The van der Waals surface area contributed by atoms with Crippen molar-refractivity contribution < 1.29 is 26.7 Å². The van der Waals surface area contributed by atoms with E-state index in [1.54, 1.807) is 30.3 Å². The van der Waals surface area contributed by atoms with Crippen LogP contribution in [0.2, 0.25) is 5.02 Å². The molecule has 0 aliphatic rings. The zero-order valence-corrected chi connectivity index (χ0v) is 15.9. The number of hydrogen-bond acceptors (Lipinski definition) is 4. The molecule has 0 aliphatic heterocycles. The largest absolute Gasteiger partial charge is 0.493 e. The summed E-state index contributed by atoms with van der Waals surface area (Å²) in [5, 5.41) is 1.63. The van der Waals surface area contributed by atoms with Gasteiger partial charge in [0.2, 0.25) is 10.0 Å². The minimum absolute atomic E-state index is 0.0808. The number of rotatable bonds is 9. The monoisotopic (exact) mass is 417 g/mol. The third-order valence-electron chi connectivity index (χ3n) is 3.47. The highest BCUT2D eigenvalue weighted by atomic mass is 35.5. The highest BCUT2D eigenvalue weighted by Crippen LogP contribution is 2.29. The van der Waals surface area contributed by atoms with Crippen molar-refractivity contribution in [2.24, 2.45) is 0 Å². The predicted octanol–water partition coefficient (Wildman–Crippen LogP) is 4.08. The molecule has 2 aromatic rings. The Morgan fingerprint density at radius 3 is 2.48 bits per heavy atom. The van der Waals surface area contributed by atoms with Gasteiger partial charge in [0.1, 0.15) is 0 Å². The van der Waals surface area contributed by atoms with Crippen LogP contribution in [-0.4, -0.2) is 28.7 Å². The van der Waals surface area contributed by atoms with Gasteiger partial charge in [-0.25, -0.2) is 13.1 Å². The molecule has 0 unspecified atom stereocenters. The summed E-state index contributed by atoms with van der Waals surface area (Å²) in [5.74, 6) is 0.0704.